The monoisotopic (exact) mass is 409 g/mol. The number of carbonyl (C=O) groups excluding carboxylic acids is 1. The lowest BCUT2D eigenvalue weighted by molar-refractivity contribution is -0.141. The van der Waals surface area contributed by atoms with Crippen molar-refractivity contribution in [3.63, 3.8) is 0 Å². The topological polar surface area (TPSA) is 108 Å². The third-order valence-electron chi connectivity index (χ3n) is 4.57. The van der Waals surface area contributed by atoms with Crippen molar-refractivity contribution in [1.29, 1.82) is 0 Å². The summed E-state index contributed by atoms with van der Waals surface area (Å²) in [7, 11) is 0. The van der Waals surface area contributed by atoms with E-state index >= 15 is 0 Å². The largest absolute Gasteiger partial charge is 0.504 e. The number of hydrogen-bond donors (Lipinski definition) is 4. The van der Waals surface area contributed by atoms with Crippen LogP contribution in [0.1, 0.15) is 33.5 Å². The minimum absolute atomic E-state index is 0.0324. The predicted octanol–water partition coefficient (Wildman–Crippen LogP) is 2.96. The number of nitrogens with two attached hydrogens (primary N) is 1. The summed E-state index contributed by atoms with van der Waals surface area (Å²) < 4.78 is 36.2. The van der Waals surface area contributed by atoms with Gasteiger partial charge in [-0.3, -0.25) is 9.78 Å². The number of benzene rings is 1. The van der Waals surface area contributed by atoms with Crippen LogP contribution in [0.4, 0.5) is 13.2 Å². The number of rotatable bonds is 2. The highest BCUT2D eigenvalue weighted by Crippen LogP contribution is 2.38. The van der Waals surface area contributed by atoms with E-state index in [4.69, 9.17) is 5.73 Å². The van der Waals surface area contributed by atoms with Gasteiger partial charge in [0.25, 0.3) is 0 Å². The molecule has 156 valence electrons. The molecule has 1 aromatic carbocycles. The molecular formula is C20H22F3N3O3. The Kier molecular flexibility index (Phi) is 6.86. The number of amides is 1. The molecule has 0 atom stereocenters. The van der Waals surface area contributed by atoms with Gasteiger partial charge in [-0.25, -0.2) is 0 Å². The molecular weight excluding hydrogens is 387 g/mol. The highest BCUT2D eigenvalue weighted by atomic mass is 19.4. The van der Waals surface area contributed by atoms with Crippen LogP contribution in [0.5, 0.6) is 11.5 Å². The van der Waals surface area contributed by atoms with E-state index in [9.17, 15) is 28.2 Å². The van der Waals surface area contributed by atoms with Crippen LogP contribution in [0.25, 0.3) is 6.08 Å². The molecule has 0 spiro atoms. The second-order valence-electron chi connectivity index (χ2n) is 6.54. The second kappa shape index (κ2) is 8.95. The van der Waals surface area contributed by atoms with E-state index in [1.807, 2.05) is 13.8 Å². The lowest BCUT2D eigenvalue weighted by atomic mass is 9.91. The van der Waals surface area contributed by atoms with E-state index in [1.54, 1.807) is 0 Å². The summed E-state index contributed by atoms with van der Waals surface area (Å²) in [5, 5.41) is 22.6. The number of aromatic nitrogens is 1. The smallest absolute Gasteiger partial charge is 0.433 e. The first-order chi connectivity index (χ1) is 13.5. The summed E-state index contributed by atoms with van der Waals surface area (Å²) in [6, 6.07) is 2.04. The van der Waals surface area contributed by atoms with Gasteiger partial charge >= 0.3 is 6.18 Å². The number of phenols is 2. The summed E-state index contributed by atoms with van der Waals surface area (Å²) in [6.07, 6.45) is -0.177. The Hall–Kier alpha value is -3.07. The Morgan fingerprint density at radius 3 is 2.31 bits per heavy atom. The summed E-state index contributed by atoms with van der Waals surface area (Å²) in [6.45, 7) is 5.44. The van der Waals surface area contributed by atoms with Crippen molar-refractivity contribution < 1.29 is 28.2 Å². The molecule has 6 nitrogen and oxygen atoms in total. The molecule has 29 heavy (non-hydrogen) atoms. The number of pyridine rings is 1. The fraction of sp³-hybridized carbons (Fsp3) is 0.300. The van der Waals surface area contributed by atoms with E-state index in [0.717, 1.165) is 54.5 Å². The van der Waals surface area contributed by atoms with Gasteiger partial charge in [0.05, 0.1) is 0 Å². The summed E-state index contributed by atoms with van der Waals surface area (Å²) in [5.74, 6) is -0.594. The molecule has 3 rings (SSSR count). The fourth-order valence-corrected chi connectivity index (χ4v) is 2.95. The molecule has 1 aliphatic heterocycles. The van der Waals surface area contributed by atoms with E-state index in [1.165, 1.54) is 17.7 Å². The zero-order chi connectivity index (χ0) is 21.8. The van der Waals surface area contributed by atoms with Gasteiger partial charge in [0.1, 0.15) is 5.69 Å². The van der Waals surface area contributed by atoms with Gasteiger partial charge in [-0.15, -0.1) is 0 Å². The number of nitrogens with one attached hydrogen (secondary N) is 1. The van der Waals surface area contributed by atoms with Crippen molar-refractivity contribution in [1.82, 2.24) is 10.3 Å². The Morgan fingerprint density at radius 2 is 1.79 bits per heavy atom. The summed E-state index contributed by atoms with van der Waals surface area (Å²) in [5.41, 5.74) is 8.18. The average Bonchev–Trinajstić information content (AvgIpc) is 2.69. The van der Waals surface area contributed by atoms with Crippen LogP contribution in [0.15, 0.2) is 24.4 Å². The van der Waals surface area contributed by atoms with Gasteiger partial charge in [-0.2, -0.15) is 13.2 Å². The zero-order valence-corrected chi connectivity index (χ0v) is 16.0. The molecule has 0 fully saturated rings. The number of hydrogen-bond acceptors (Lipinski definition) is 5. The summed E-state index contributed by atoms with van der Waals surface area (Å²) in [4.78, 5) is 13.5. The first kappa shape index (κ1) is 22.2. The van der Waals surface area contributed by atoms with Crippen LogP contribution in [-0.4, -0.2) is 27.6 Å². The maximum atomic E-state index is 12.1. The van der Waals surface area contributed by atoms with E-state index in [0.29, 0.717) is 5.56 Å². The minimum Gasteiger partial charge on any atom is -0.504 e. The fourth-order valence-electron chi connectivity index (χ4n) is 2.95. The lowest BCUT2D eigenvalue weighted by Crippen LogP contribution is -2.25. The summed E-state index contributed by atoms with van der Waals surface area (Å²) >= 11 is 0. The lowest BCUT2D eigenvalue weighted by Gasteiger charge is -2.23. The number of aromatic hydroxyl groups is 2. The van der Waals surface area contributed by atoms with Gasteiger partial charge < -0.3 is 21.3 Å². The number of primary amides is 1. The SMILES string of the molecule is Cc1c(O)c(O)c(C)c2c1CCNC2.NC(=O)C=Cc1ccc(C(F)(F)F)nc1. The zero-order valence-electron chi connectivity index (χ0n) is 16.0. The first-order valence-electron chi connectivity index (χ1n) is 8.76. The molecule has 2 aromatic rings. The quantitative estimate of drug-likeness (QED) is 0.451. The van der Waals surface area contributed by atoms with E-state index in [2.05, 4.69) is 10.3 Å². The van der Waals surface area contributed by atoms with Gasteiger partial charge in [0, 0.05) is 18.8 Å². The predicted molar refractivity (Wildman–Crippen MR) is 102 cm³/mol. The minimum atomic E-state index is -4.45. The van der Waals surface area contributed by atoms with E-state index in [-0.39, 0.29) is 11.5 Å². The van der Waals surface area contributed by atoms with Crippen LogP contribution in [0.2, 0.25) is 0 Å². The molecule has 1 aliphatic rings. The Bertz CT molecular complexity index is 887. The maximum Gasteiger partial charge on any atom is 0.433 e. The first-order valence-corrected chi connectivity index (χ1v) is 8.76. The van der Waals surface area contributed by atoms with Crippen molar-refractivity contribution >= 4 is 12.0 Å². The molecule has 9 heteroatoms. The molecule has 5 N–H and O–H groups in total. The van der Waals surface area contributed by atoms with Crippen LogP contribution in [0, 0.1) is 13.8 Å². The Morgan fingerprint density at radius 1 is 1.17 bits per heavy atom. The Labute approximate surface area is 165 Å². The number of nitrogens with zero attached hydrogens (tertiary/aromatic N) is 1. The number of alkyl halides is 3. The molecule has 0 saturated heterocycles. The van der Waals surface area contributed by atoms with E-state index < -0.39 is 17.8 Å². The molecule has 1 amide bonds. The normalized spacial score (nSPS) is 13.6. The van der Waals surface area contributed by atoms with Crippen LogP contribution in [-0.2, 0) is 23.9 Å². The van der Waals surface area contributed by atoms with Crippen molar-refractivity contribution in [2.45, 2.75) is 33.0 Å². The standard InChI is InChI=1S/C11H15NO2.C9H7F3N2O/c1-6-8-3-4-12-5-9(8)7(2)11(14)10(6)13;10-9(11,12)7-3-1-6(5-14-7)2-4-8(13)15/h12-14H,3-5H2,1-2H3;1-5H,(H2,13,15). The number of phenolic OH excluding ortho intramolecular Hbond substituents is 2. The Balaban J connectivity index is 0.000000207. The third-order valence-corrected chi connectivity index (χ3v) is 4.57. The maximum absolute atomic E-state index is 12.1. The highest BCUT2D eigenvalue weighted by molar-refractivity contribution is 5.90. The van der Waals surface area contributed by atoms with Crippen molar-refractivity contribution in [3.05, 3.63) is 57.9 Å². The molecule has 2 heterocycles. The van der Waals surface area contributed by atoms with Gasteiger partial charge in [-0.05, 0) is 66.8 Å². The molecule has 0 saturated carbocycles. The van der Waals surface area contributed by atoms with Crippen LogP contribution >= 0.6 is 0 Å². The van der Waals surface area contributed by atoms with Crippen molar-refractivity contribution in [3.8, 4) is 11.5 Å². The van der Waals surface area contributed by atoms with Crippen molar-refractivity contribution in [2.75, 3.05) is 6.54 Å². The number of carbonyl (C=O) groups is 1. The van der Waals surface area contributed by atoms with Crippen LogP contribution < -0.4 is 11.1 Å². The molecule has 0 aliphatic carbocycles. The molecule has 0 bridgehead atoms. The van der Waals surface area contributed by atoms with Crippen LogP contribution in [0.3, 0.4) is 0 Å². The number of fused-ring (bicyclic) bond motifs is 1. The molecule has 1 aromatic heterocycles. The van der Waals surface area contributed by atoms with Gasteiger partial charge in [0.15, 0.2) is 11.5 Å². The van der Waals surface area contributed by atoms with Gasteiger partial charge in [0.2, 0.25) is 5.91 Å². The average molecular weight is 409 g/mol. The third kappa shape index (κ3) is 5.47. The molecule has 0 unspecified atom stereocenters. The van der Waals surface area contributed by atoms with Crippen molar-refractivity contribution in [2.24, 2.45) is 5.73 Å². The molecule has 0 radical (unpaired) electrons. The second-order valence-corrected chi connectivity index (χ2v) is 6.54. The highest BCUT2D eigenvalue weighted by Gasteiger charge is 2.31. The number of halogens is 3. The van der Waals surface area contributed by atoms with Gasteiger partial charge in [-0.1, -0.05) is 6.07 Å².